The fourth-order valence-corrected chi connectivity index (χ4v) is 3.11. The van der Waals surface area contributed by atoms with Crippen molar-refractivity contribution in [3.63, 3.8) is 0 Å². The molecule has 24 heavy (non-hydrogen) atoms. The van der Waals surface area contributed by atoms with Crippen LogP contribution < -0.4 is 5.73 Å². The van der Waals surface area contributed by atoms with Crippen molar-refractivity contribution in [2.45, 2.75) is 25.8 Å². The smallest absolute Gasteiger partial charge is 0.382 e. The van der Waals surface area contributed by atoms with Gasteiger partial charge < -0.3 is 10.3 Å². The molecule has 0 saturated carbocycles. The summed E-state index contributed by atoms with van der Waals surface area (Å²) < 4.78 is 12.9. The highest BCUT2D eigenvalue weighted by molar-refractivity contribution is 7.37. The van der Waals surface area contributed by atoms with Gasteiger partial charge in [0, 0.05) is 19.4 Å². The maximum Gasteiger partial charge on any atom is 0.505 e. The molecule has 2 heterocycles. The van der Waals surface area contributed by atoms with E-state index in [2.05, 4.69) is 27.1 Å². The van der Waals surface area contributed by atoms with E-state index in [0.29, 0.717) is 29.8 Å². The molecule has 3 aromatic rings. The lowest BCUT2D eigenvalue weighted by molar-refractivity contribution is 0.500. The predicted molar refractivity (Wildman–Crippen MR) is 92.9 cm³/mol. The van der Waals surface area contributed by atoms with E-state index in [1.54, 1.807) is 0 Å². The standard InChI is InChI=1S/C16H18N5O2P/c17-15-14-16(19-11-18-15)21(9-8-12-5-2-1-3-6-12)13(20-14)7-4-10-24(22)23/h1-3,5-6,11H,4,7-10H2,(H2-,17,18,19,22,23)/p+1. The summed E-state index contributed by atoms with van der Waals surface area (Å²) >= 11 is 0. The molecule has 2 aromatic heterocycles. The SMILES string of the molecule is Nc1ncnc2c1nc(CCC[P+](=O)O)n2CCc1ccccc1. The number of imidazole rings is 1. The summed E-state index contributed by atoms with van der Waals surface area (Å²) in [6.07, 6.45) is 3.74. The van der Waals surface area contributed by atoms with E-state index in [9.17, 15) is 4.57 Å². The summed E-state index contributed by atoms with van der Waals surface area (Å²) in [4.78, 5) is 21.8. The molecule has 0 aliphatic rings. The summed E-state index contributed by atoms with van der Waals surface area (Å²) in [5.41, 5.74) is 8.44. The van der Waals surface area contributed by atoms with Crippen LogP contribution in [0.15, 0.2) is 36.7 Å². The molecule has 3 N–H and O–H groups in total. The number of benzene rings is 1. The first-order valence-corrected chi connectivity index (χ1v) is 9.18. The fourth-order valence-electron chi connectivity index (χ4n) is 2.68. The molecule has 0 aliphatic heterocycles. The summed E-state index contributed by atoms with van der Waals surface area (Å²) in [5, 5.41) is 0. The van der Waals surface area contributed by atoms with Gasteiger partial charge in [0.05, 0.1) is 0 Å². The van der Waals surface area contributed by atoms with Crippen LogP contribution >= 0.6 is 8.03 Å². The molecule has 3 rings (SSSR count). The zero-order valence-electron chi connectivity index (χ0n) is 13.2. The topological polar surface area (TPSA) is 107 Å². The number of anilines is 1. The van der Waals surface area contributed by atoms with Gasteiger partial charge in [-0.05, 0) is 16.5 Å². The number of nitrogens with zero attached hydrogens (tertiary/aromatic N) is 4. The van der Waals surface area contributed by atoms with Crippen molar-refractivity contribution in [2.24, 2.45) is 0 Å². The first kappa shape index (κ1) is 16.5. The lowest BCUT2D eigenvalue weighted by Gasteiger charge is -2.08. The Balaban J connectivity index is 1.87. The van der Waals surface area contributed by atoms with E-state index in [0.717, 1.165) is 18.8 Å². The number of nitrogens with two attached hydrogens (primary N) is 1. The molecule has 0 fully saturated rings. The Labute approximate surface area is 140 Å². The number of fused-ring (bicyclic) bond motifs is 1. The number of hydrogen-bond acceptors (Lipinski definition) is 5. The molecule has 0 bridgehead atoms. The Morgan fingerprint density at radius 2 is 1.96 bits per heavy atom. The highest BCUT2D eigenvalue weighted by Gasteiger charge is 2.16. The molecule has 0 aliphatic carbocycles. The van der Waals surface area contributed by atoms with E-state index in [1.165, 1.54) is 11.9 Å². The number of aromatic nitrogens is 4. The van der Waals surface area contributed by atoms with E-state index in [-0.39, 0.29) is 6.16 Å². The molecule has 0 amide bonds. The molecule has 8 heteroatoms. The third-order valence-corrected chi connectivity index (χ3v) is 4.55. The van der Waals surface area contributed by atoms with Crippen molar-refractivity contribution >= 4 is 25.0 Å². The maximum atomic E-state index is 10.9. The van der Waals surface area contributed by atoms with Gasteiger partial charge in [0.2, 0.25) is 0 Å². The van der Waals surface area contributed by atoms with Crippen LogP contribution in [-0.2, 0) is 24.0 Å². The third kappa shape index (κ3) is 3.75. The normalized spacial score (nSPS) is 11.8. The van der Waals surface area contributed by atoms with Gasteiger partial charge in [-0.25, -0.2) is 15.0 Å². The minimum absolute atomic E-state index is 0.262. The van der Waals surface area contributed by atoms with Gasteiger partial charge >= 0.3 is 8.03 Å². The third-order valence-electron chi connectivity index (χ3n) is 3.86. The van der Waals surface area contributed by atoms with Crippen molar-refractivity contribution in [2.75, 3.05) is 11.9 Å². The molecule has 0 saturated heterocycles. The molecule has 1 atom stereocenters. The van der Waals surface area contributed by atoms with Crippen molar-refractivity contribution < 1.29 is 9.46 Å². The van der Waals surface area contributed by atoms with Crippen LogP contribution in [0.4, 0.5) is 5.82 Å². The van der Waals surface area contributed by atoms with Crippen molar-refractivity contribution in [3.8, 4) is 0 Å². The van der Waals surface area contributed by atoms with Crippen LogP contribution in [0.2, 0.25) is 0 Å². The second-order valence-corrected chi connectivity index (χ2v) is 6.68. The van der Waals surface area contributed by atoms with E-state index >= 15 is 0 Å². The molecule has 0 radical (unpaired) electrons. The highest BCUT2D eigenvalue weighted by atomic mass is 31.1. The molecular weight excluding hydrogens is 325 g/mol. The fraction of sp³-hybridized carbons (Fsp3) is 0.312. The Bertz CT molecular complexity index is 850. The Morgan fingerprint density at radius 1 is 1.17 bits per heavy atom. The van der Waals surface area contributed by atoms with Crippen LogP contribution in [0.5, 0.6) is 0 Å². The van der Waals surface area contributed by atoms with Crippen molar-refractivity contribution in [1.29, 1.82) is 0 Å². The Kier molecular flexibility index (Phi) is 5.13. The summed E-state index contributed by atoms with van der Waals surface area (Å²) in [5.74, 6) is 1.18. The van der Waals surface area contributed by atoms with Gasteiger partial charge in [-0.2, -0.15) is 4.89 Å². The van der Waals surface area contributed by atoms with Gasteiger partial charge in [0.25, 0.3) is 0 Å². The molecule has 7 nitrogen and oxygen atoms in total. The van der Waals surface area contributed by atoms with Crippen LogP contribution in [0.3, 0.4) is 0 Å². The van der Waals surface area contributed by atoms with Crippen LogP contribution in [0.1, 0.15) is 17.8 Å². The van der Waals surface area contributed by atoms with E-state index < -0.39 is 8.03 Å². The largest absolute Gasteiger partial charge is 0.505 e. The lowest BCUT2D eigenvalue weighted by Crippen LogP contribution is -2.08. The monoisotopic (exact) mass is 344 g/mol. The first-order chi connectivity index (χ1) is 11.6. The van der Waals surface area contributed by atoms with E-state index in [1.807, 2.05) is 22.8 Å². The van der Waals surface area contributed by atoms with Crippen LogP contribution in [0.25, 0.3) is 11.2 Å². The minimum atomic E-state index is -2.12. The van der Waals surface area contributed by atoms with Gasteiger partial charge in [-0.15, -0.1) is 0 Å². The highest BCUT2D eigenvalue weighted by Crippen LogP contribution is 2.21. The quantitative estimate of drug-likeness (QED) is 0.637. The first-order valence-electron chi connectivity index (χ1n) is 7.78. The van der Waals surface area contributed by atoms with Crippen molar-refractivity contribution in [3.05, 3.63) is 48.0 Å². The number of aryl methyl sites for hydroxylation is 3. The Morgan fingerprint density at radius 3 is 2.71 bits per heavy atom. The molecule has 1 unspecified atom stereocenters. The molecule has 124 valence electrons. The summed E-state index contributed by atoms with van der Waals surface area (Å²) in [7, 11) is -2.12. The van der Waals surface area contributed by atoms with Gasteiger partial charge in [0.15, 0.2) is 23.1 Å². The number of nitrogen functional groups attached to an aromatic ring is 1. The zero-order valence-corrected chi connectivity index (χ0v) is 14.1. The zero-order chi connectivity index (χ0) is 16.9. The average molecular weight is 344 g/mol. The van der Waals surface area contributed by atoms with Crippen LogP contribution in [-0.4, -0.2) is 30.6 Å². The number of hydrogen-bond donors (Lipinski definition) is 2. The van der Waals surface area contributed by atoms with Gasteiger partial charge in [-0.3, -0.25) is 0 Å². The Hall–Kier alpha value is -2.37. The van der Waals surface area contributed by atoms with E-state index in [4.69, 9.17) is 10.6 Å². The maximum absolute atomic E-state index is 10.9. The molecular formula is C16H19N5O2P+. The minimum Gasteiger partial charge on any atom is -0.382 e. The number of rotatable bonds is 7. The lowest BCUT2D eigenvalue weighted by atomic mass is 10.1. The molecule has 1 aromatic carbocycles. The van der Waals surface area contributed by atoms with Crippen molar-refractivity contribution in [1.82, 2.24) is 19.5 Å². The predicted octanol–water partition coefficient (Wildman–Crippen LogP) is 2.32. The van der Waals surface area contributed by atoms with Crippen LogP contribution in [0, 0.1) is 0 Å². The molecule has 0 spiro atoms. The summed E-state index contributed by atoms with van der Waals surface area (Å²) in [6, 6.07) is 10.2. The van der Waals surface area contributed by atoms with Gasteiger partial charge in [0.1, 0.15) is 12.2 Å². The second kappa shape index (κ2) is 7.47. The van der Waals surface area contributed by atoms with Gasteiger partial charge in [-0.1, -0.05) is 30.3 Å². The average Bonchev–Trinajstić information content (AvgIpc) is 2.93. The summed E-state index contributed by atoms with van der Waals surface area (Å²) in [6.45, 7) is 0.720. The second-order valence-electron chi connectivity index (χ2n) is 5.53.